The number of amides is 1. The van der Waals surface area contributed by atoms with E-state index in [4.69, 9.17) is 16.3 Å². The van der Waals surface area contributed by atoms with Crippen LogP contribution in [0.1, 0.15) is 10.4 Å². The average Bonchev–Trinajstić information content (AvgIpc) is 2.38. The van der Waals surface area contributed by atoms with Gasteiger partial charge in [-0.1, -0.05) is 11.6 Å². The van der Waals surface area contributed by atoms with E-state index in [0.717, 1.165) is 0 Å². The molecule has 1 amide bonds. The monoisotopic (exact) mass is 269 g/mol. The first-order chi connectivity index (χ1) is 8.63. The molecular weight excluding hydrogens is 258 g/mol. The normalized spacial score (nSPS) is 15.7. The van der Waals surface area contributed by atoms with Crippen molar-refractivity contribution >= 4 is 29.2 Å². The van der Waals surface area contributed by atoms with Gasteiger partial charge in [0.15, 0.2) is 0 Å². The van der Waals surface area contributed by atoms with Gasteiger partial charge in [0.1, 0.15) is 6.61 Å². The van der Waals surface area contributed by atoms with E-state index in [1.807, 2.05) is 0 Å². The molecule has 6 heteroatoms. The van der Waals surface area contributed by atoms with Crippen LogP contribution in [0.2, 0.25) is 5.02 Å². The lowest BCUT2D eigenvalue weighted by molar-refractivity contribution is -0.125. The second kappa shape index (κ2) is 5.37. The van der Waals surface area contributed by atoms with Crippen LogP contribution in [-0.4, -0.2) is 38.7 Å². The Morgan fingerprint density at radius 1 is 1.50 bits per heavy atom. The Hall–Kier alpha value is -1.59. The molecule has 1 aliphatic heterocycles. The molecule has 0 N–H and O–H groups in total. The highest BCUT2D eigenvalue weighted by Crippen LogP contribution is 2.25. The molecule has 0 radical (unpaired) electrons. The summed E-state index contributed by atoms with van der Waals surface area (Å²) in [6, 6.07) is 4.80. The Morgan fingerprint density at radius 3 is 2.89 bits per heavy atom. The van der Waals surface area contributed by atoms with Gasteiger partial charge in [-0.05, 0) is 18.2 Å². The van der Waals surface area contributed by atoms with Gasteiger partial charge in [0, 0.05) is 12.2 Å². The second-order valence-corrected chi connectivity index (χ2v) is 4.16. The summed E-state index contributed by atoms with van der Waals surface area (Å²) in [5.74, 6) is -0.622. The number of hydrogen-bond acceptors (Lipinski definition) is 4. The maximum Gasteiger partial charge on any atom is 0.339 e. The molecule has 0 aromatic heterocycles. The van der Waals surface area contributed by atoms with Crippen molar-refractivity contribution in [1.82, 2.24) is 0 Å². The number of hydrogen-bond donors (Lipinski definition) is 0. The highest BCUT2D eigenvalue weighted by Gasteiger charge is 2.21. The molecule has 1 aromatic rings. The molecular formula is C12H12ClNO4. The van der Waals surface area contributed by atoms with Crippen LogP contribution in [0.5, 0.6) is 0 Å². The Balaban J connectivity index is 2.28. The van der Waals surface area contributed by atoms with Crippen molar-refractivity contribution < 1.29 is 19.1 Å². The van der Waals surface area contributed by atoms with Crippen molar-refractivity contribution in [2.75, 3.05) is 31.8 Å². The lowest BCUT2D eigenvalue weighted by Gasteiger charge is -2.27. The SMILES string of the molecule is COC(=O)c1ccc(N2CCOCC2=O)cc1Cl. The third-order valence-corrected chi connectivity index (χ3v) is 2.97. The van der Waals surface area contributed by atoms with Crippen LogP contribution in [0, 0.1) is 0 Å². The summed E-state index contributed by atoms with van der Waals surface area (Å²) in [5.41, 5.74) is 0.935. The Morgan fingerprint density at radius 2 is 2.28 bits per heavy atom. The number of ether oxygens (including phenoxy) is 2. The van der Waals surface area contributed by atoms with E-state index in [9.17, 15) is 9.59 Å². The fourth-order valence-corrected chi connectivity index (χ4v) is 1.99. The summed E-state index contributed by atoms with van der Waals surface area (Å²) in [5, 5.41) is 0.263. The standard InChI is InChI=1S/C12H12ClNO4/c1-17-12(16)9-3-2-8(6-10(9)13)14-4-5-18-7-11(14)15/h2-3,6H,4-5,7H2,1H3. The first-order valence-corrected chi connectivity index (χ1v) is 5.77. The van der Waals surface area contributed by atoms with E-state index in [1.165, 1.54) is 7.11 Å². The summed E-state index contributed by atoms with van der Waals surface area (Å²) >= 11 is 6.00. The lowest BCUT2D eigenvalue weighted by atomic mass is 10.2. The molecule has 1 heterocycles. The fraction of sp³-hybridized carbons (Fsp3) is 0.333. The van der Waals surface area contributed by atoms with Gasteiger partial charge < -0.3 is 14.4 Å². The molecule has 0 aliphatic carbocycles. The number of rotatable bonds is 2. The second-order valence-electron chi connectivity index (χ2n) is 3.75. The Labute approximate surface area is 109 Å². The molecule has 0 unspecified atom stereocenters. The molecule has 1 aromatic carbocycles. The van der Waals surface area contributed by atoms with Crippen LogP contribution in [0.4, 0.5) is 5.69 Å². The summed E-state index contributed by atoms with van der Waals surface area (Å²) in [6.45, 7) is 1.03. The lowest BCUT2D eigenvalue weighted by Crippen LogP contribution is -2.41. The number of carbonyl (C=O) groups excluding carboxylic acids is 2. The van der Waals surface area contributed by atoms with Crippen LogP contribution in [0.15, 0.2) is 18.2 Å². The van der Waals surface area contributed by atoms with Gasteiger partial charge in [-0.25, -0.2) is 4.79 Å². The minimum atomic E-state index is -0.500. The number of nitrogens with zero attached hydrogens (tertiary/aromatic N) is 1. The molecule has 0 spiro atoms. The number of benzene rings is 1. The minimum Gasteiger partial charge on any atom is -0.465 e. The van der Waals surface area contributed by atoms with Crippen LogP contribution >= 0.6 is 11.6 Å². The molecule has 2 rings (SSSR count). The molecule has 18 heavy (non-hydrogen) atoms. The molecule has 0 saturated carbocycles. The van der Waals surface area contributed by atoms with Crippen molar-refractivity contribution in [3.05, 3.63) is 28.8 Å². The Bertz CT molecular complexity index is 489. The van der Waals surface area contributed by atoms with Gasteiger partial charge >= 0.3 is 5.97 Å². The van der Waals surface area contributed by atoms with Gasteiger partial charge in [0.2, 0.25) is 0 Å². The first-order valence-electron chi connectivity index (χ1n) is 5.39. The summed E-state index contributed by atoms with van der Waals surface area (Å²) < 4.78 is 9.64. The van der Waals surface area contributed by atoms with E-state index in [2.05, 4.69) is 4.74 Å². The maximum atomic E-state index is 11.6. The highest BCUT2D eigenvalue weighted by atomic mass is 35.5. The summed E-state index contributed by atoms with van der Waals surface area (Å²) in [4.78, 5) is 24.6. The van der Waals surface area contributed by atoms with Gasteiger partial charge in [0.25, 0.3) is 5.91 Å². The maximum absolute atomic E-state index is 11.6. The van der Waals surface area contributed by atoms with E-state index >= 15 is 0 Å². The quantitative estimate of drug-likeness (QED) is 0.764. The van der Waals surface area contributed by atoms with E-state index in [1.54, 1.807) is 23.1 Å². The van der Waals surface area contributed by atoms with Crippen molar-refractivity contribution in [2.45, 2.75) is 0 Å². The molecule has 0 atom stereocenters. The number of halogens is 1. The van der Waals surface area contributed by atoms with Crippen molar-refractivity contribution in [2.24, 2.45) is 0 Å². The molecule has 5 nitrogen and oxygen atoms in total. The zero-order valence-corrected chi connectivity index (χ0v) is 10.6. The number of carbonyl (C=O) groups is 2. The molecule has 1 fully saturated rings. The van der Waals surface area contributed by atoms with Crippen molar-refractivity contribution in [1.29, 1.82) is 0 Å². The van der Waals surface area contributed by atoms with Crippen LogP contribution in [-0.2, 0) is 14.3 Å². The average molecular weight is 270 g/mol. The molecule has 96 valence electrons. The van der Waals surface area contributed by atoms with Gasteiger partial charge in [-0.15, -0.1) is 0 Å². The van der Waals surface area contributed by atoms with Gasteiger partial charge in [-0.2, -0.15) is 0 Å². The number of esters is 1. The van der Waals surface area contributed by atoms with Gasteiger partial charge in [-0.3, -0.25) is 4.79 Å². The number of morpholine rings is 1. The number of methoxy groups -OCH3 is 1. The molecule has 1 saturated heterocycles. The zero-order valence-electron chi connectivity index (χ0n) is 9.81. The minimum absolute atomic E-state index is 0.0658. The topological polar surface area (TPSA) is 55.8 Å². The third kappa shape index (κ3) is 2.47. The highest BCUT2D eigenvalue weighted by molar-refractivity contribution is 6.34. The molecule has 1 aliphatic rings. The first kappa shape index (κ1) is 12.9. The molecule has 0 bridgehead atoms. The van der Waals surface area contributed by atoms with E-state index in [0.29, 0.717) is 18.8 Å². The van der Waals surface area contributed by atoms with E-state index < -0.39 is 5.97 Å². The van der Waals surface area contributed by atoms with E-state index in [-0.39, 0.29) is 23.1 Å². The predicted molar refractivity (Wildman–Crippen MR) is 66.0 cm³/mol. The largest absolute Gasteiger partial charge is 0.465 e. The smallest absolute Gasteiger partial charge is 0.339 e. The summed E-state index contributed by atoms with van der Waals surface area (Å²) in [6.07, 6.45) is 0. The van der Waals surface area contributed by atoms with Crippen LogP contribution in [0.25, 0.3) is 0 Å². The third-order valence-electron chi connectivity index (χ3n) is 2.66. The van der Waals surface area contributed by atoms with Crippen molar-refractivity contribution in [3.8, 4) is 0 Å². The van der Waals surface area contributed by atoms with Crippen LogP contribution < -0.4 is 4.90 Å². The van der Waals surface area contributed by atoms with Gasteiger partial charge in [0.05, 0.1) is 24.3 Å². The summed E-state index contributed by atoms with van der Waals surface area (Å²) in [7, 11) is 1.29. The predicted octanol–water partition coefficient (Wildman–Crippen LogP) is 1.49. The zero-order chi connectivity index (χ0) is 13.1. The van der Waals surface area contributed by atoms with Crippen molar-refractivity contribution in [3.63, 3.8) is 0 Å². The fourth-order valence-electron chi connectivity index (χ4n) is 1.74. The number of anilines is 1. The Kier molecular flexibility index (Phi) is 3.84. The van der Waals surface area contributed by atoms with Crippen LogP contribution in [0.3, 0.4) is 0 Å².